The lowest BCUT2D eigenvalue weighted by atomic mass is 10.1. The van der Waals surface area contributed by atoms with Crippen LogP contribution in [0, 0.1) is 11.3 Å². The standard InChI is InChI=1S/C17H21N3OS2/c1-3-11(2)20-16(21)14-12-7-5-4-6-8-13(12)23-15(14)19-17(20)22-10-9-18/h11H,3-8,10H2,1-2H3/t11-/m0/s1. The maximum Gasteiger partial charge on any atom is 0.263 e. The Kier molecular flexibility index (Phi) is 5.08. The third kappa shape index (κ3) is 3.05. The summed E-state index contributed by atoms with van der Waals surface area (Å²) in [7, 11) is 0. The van der Waals surface area contributed by atoms with Crippen LogP contribution in [0.3, 0.4) is 0 Å². The van der Waals surface area contributed by atoms with Gasteiger partial charge in [-0.15, -0.1) is 11.3 Å². The molecule has 0 aromatic carbocycles. The van der Waals surface area contributed by atoms with E-state index in [0.717, 1.165) is 35.9 Å². The number of hydrogen-bond donors (Lipinski definition) is 0. The van der Waals surface area contributed by atoms with Crippen LogP contribution in [0.25, 0.3) is 10.2 Å². The highest BCUT2D eigenvalue weighted by atomic mass is 32.2. The van der Waals surface area contributed by atoms with E-state index in [9.17, 15) is 4.79 Å². The molecule has 0 saturated carbocycles. The summed E-state index contributed by atoms with van der Waals surface area (Å²) in [6, 6.07) is 2.24. The fourth-order valence-corrected chi connectivity index (χ4v) is 5.21. The molecule has 0 amide bonds. The molecule has 122 valence electrons. The zero-order valence-corrected chi connectivity index (χ0v) is 15.2. The number of thioether (sulfide) groups is 1. The van der Waals surface area contributed by atoms with E-state index in [1.165, 1.54) is 35.0 Å². The molecule has 0 aliphatic heterocycles. The minimum absolute atomic E-state index is 0.0872. The molecule has 0 radical (unpaired) electrons. The van der Waals surface area contributed by atoms with E-state index in [-0.39, 0.29) is 11.6 Å². The second-order valence-electron chi connectivity index (χ2n) is 6.02. The number of hydrogen-bond acceptors (Lipinski definition) is 5. The zero-order chi connectivity index (χ0) is 16.4. The van der Waals surface area contributed by atoms with Gasteiger partial charge in [-0.3, -0.25) is 9.36 Å². The molecule has 0 N–H and O–H groups in total. The van der Waals surface area contributed by atoms with Crippen LogP contribution in [0.4, 0.5) is 0 Å². The van der Waals surface area contributed by atoms with Crippen molar-refractivity contribution in [3.05, 3.63) is 20.8 Å². The van der Waals surface area contributed by atoms with Gasteiger partial charge in [-0.1, -0.05) is 25.1 Å². The van der Waals surface area contributed by atoms with E-state index >= 15 is 0 Å². The number of fused-ring (bicyclic) bond motifs is 3. The zero-order valence-electron chi connectivity index (χ0n) is 13.6. The predicted octanol–water partition coefficient (Wildman–Crippen LogP) is 4.31. The van der Waals surface area contributed by atoms with Crippen molar-refractivity contribution in [1.29, 1.82) is 5.26 Å². The van der Waals surface area contributed by atoms with Crippen LogP contribution in [0.2, 0.25) is 0 Å². The molecule has 0 bridgehead atoms. The Hall–Kier alpha value is -1.32. The molecule has 0 saturated heterocycles. The first-order valence-corrected chi connectivity index (χ1v) is 10.0. The highest BCUT2D eigenvalue weighted by molar-refractivity contribution is 7.99. The van der Waals surface area contributed by atoms with Crippen molar-refractivity contribution in [2.45, 2.75) is 63.6 Å². The summed E-state index contributed by atoms with van der Waals surface area (Å²) in [5.41, 5.74) is 1.33. The summed E-state index contributed by atoms with van der Waals surface area (Å²) in [6.07, 6.45) is 6.55. The van der Waals surface area contributed by atoms with Crippen molar-refractivity contribution >= 4 is 33.3 Å². The normalized spacial score (nSPS) is 15.9. The van der Waals surface area contributed by atoms with Crippen LogP contribution < -0.4 is 5.56 Å². The highest BCUT2D eigenvalue weighted by Gasteiger charge is 2.22. The fraction of sp³-hybridized carbons (Fsp3) is 0.588. The molecule has 2 aromatic rings. The first-order valence-electron chi connectivity index (χ1n) is 8.23. The highest BCUT2D eigenvalue weighted by Crippen LogP contribution is 2.34. The lowest BCUT2D eigenvalue weighted by Gasteiger charge is -2.17. The minimum atomic E-state index is 0.0872. The molecule has 0 unspecified atom stereocenters. The van der Waals surface area contributed by atoms with E-state index in [1.54, 1.807) is 11.3 Å². The SMILES string of the molecule is CC[C@H](C)n1c(SCC#N)nc2sc3c(c2c1=O)CCCCC3. The Morgan fingerprint density at radius 1 is 1.39 bits per heavy atom. The quantitative estimate of drug-likeness (QED) is 0.470. The predicted molar refractivity (Wildman–Crippen MR) is 96.5 cm³/mol. The number of rotatable bonds is 4. The number of aryl methyl sites for hydroxylation is 2. The molecule has 0 fully saturated rings. The van der Waals surface area contributed by atoms with Gasteiger partial charge in [-0.25, -0.2) is 4.98 Å². The van der Waals surface area contributed by atoms with Crippen LogP contribution in [-0.2, 0) is 12.8 Å². The molecule has 6 heteroatoms. The summed E-state index contributed by atoms with van der Waals surface area (Å²) in [5.74, 6) is 0.319. The van der Waals surface area contributed by atoms with Crippen molar-refractivity contribution in [2.24, 2.45) is 0 Å². The molecule has 2 heterocycles. The van der Waals surface area contributed by atoms with Gasteiger partial charge in [-0.2, -0.15) is 5.26 Å². The van der Waals surface area contributed by atoms with Crippen molar-refractivity contribution in [3.63, 3.8) is 0 Å². The van der Waals surface area contributed by atoms with Crippen molar-refractivity contribution in [1.82, 2.24) is 9.55 Å². The topological polar surface area (TPSA) is 58.7 Å². The lowest BCUT2D eigenvalue weighted by Crippen LogP contribution is -2.26. The van der Waals surface area contributed by atoms with Gasteiger partial charge in [0.1, 0.15) is 4.83 Å². The van der Waals surface area contributed by atoms with Gasteiger partial charge in [0.2, 0.25) is 0 Å². The van der Waals surface area contributed by atoms with Gasteiger partial charge in [0, 0.05) is 10.9 Å². The van der Waals surface area contributed by atoms with E-state index in [0.29, 0.717) is 10.9 Å². The first-order chi connectivity index (χ1) is 11.2. The van der Waals surface area contributed by atoms with Crippen molar-refractivity contribution in [2.75, 3.05) is 5.75 Å². The van der Waals surface area contributed by atoms with E-state index in [1.807, 2.05) is 4.57 Å². The summed E-state index contributed by atoms with van der Waals surface area (Å²) in [5, 5.41) is 10.4. The van der Waals surface area contributed by atoms with Crippen LogP contribution in [0.5, 0.6) is 0 Å². The van der Waals surface area contributed by atoms with E-state index in [4.69, 9.17) is 10.2 Å². The molecular formula is C17H21N3OS2. The first kappa shape index (κ1) is 16.5. The molecule has 4 nitrogen and oxygen atoms in total. The van der Waals surface area contributed by atoms with Gasteiger partial charge < -0.3 is 0 Å². The van der Waals surface area contributed by atoms with Gasteiger partial charge in [-0.05, 0) is 44.6 Å². The van der Waals surface area contributed by atoms with Gasteiger partial charge in [0.05, 0.1) is 17.2 Å². The van der Waals surface area contributed by atoms with Crippen molar-refractivity contribution in [3.8, 4) is 6.07 Å². The summed E-state index contributed by atoms with van der Waals surface area (Å²) in [4.78, 5) is 20.2. The Labute approximate surface area is 144 Å². The van der Waals surface area contributed by atoms with Gasteiger partial charge in [0.25, 0.3) is 5.56 Å². The van der Waals surface area contributed by atoms with E-state index < -0.39 is 0 Å². The third-order valence-corrected chi connectivity index (χ3v) is 6.54. The average molecular weight is 348 g/mol. The summed E-state index contributed by atoms with van der Waals surface area (Å²) >= 11 is 3.05. The maximum absolute atomic E-state index is 13.2. The Morgan fingerprint density at radius 2 is 2.17 bits per heavy atom. The molecular weight excluding hydrogens is 326 g/mol. The molecule has 23 heavy (non-hydrogen) atoms. The van der Waals surface area contributed by atoms with Gasteiger partial charge in [0.15, 0.2) is 5.16 Å². The molecule has 2 aromatic heterocycles. The Morgan fingerprint density at radius 3 is 2.91 bits per heavy atom. The molecule has 1 aliphatic carbocycles. The van der Waals surface area contributed by atoms with Crippen molar-refractivity contribution < 1.29 is 0 Å². The number of aromatic nitrogens is 2. The Bertz CT molecular complexity index is 816. The monoisotopic (exact) mass is 347 g/mol. The summed E-state index contributed by atoms with van der Waals surface area (Å²) in [6.45, 7) is 4.13. The van der Waals surface area contributed by atoms with E-state index in [2.05, 4.69) is 19.9 Å². The van der Waals surface area contributed by atoms with Crippen LogP contribution in [0.15, 0.2) is 9.95 Å². The van der Waals surface area contributed by atoms with Crippen LogP contribution in [0.1, 0.15) is 56.0 Å². The smallest absolute Gasteiger partial charge is 0.263 e. The second kappa shape index (κ2) is 7.06. The molecule has 0 spiro atoms. The largest absolute Gasteiger partial charge is 0.284 e. The molecule has 1 aliphatic rings. The average Bonchev–Trinajstić information content (AvgIpc) is 2.74. The molecule has 1 atom stereocenters. The lowest BCUT2D eigenvalue weighted by molar-refractivity contribution is 0.468. The molecule has 3 rings (SSSR count). The Balaban J connectivity index is 2.24. The number of nitrogens with zero attached hydrogens (tertiary/aromatic N) is 3. The number of thiophene rings is 1. The van der Waals surface area contributed by atoms with Crippen LogP contribution in [-0.4, -0.2) is 15.3 Å². The number of nitriles is 1. The minimum Gasteiger partial charge on any atom is -0.284 e. The fourth-order valence-electron chi connectivity index (χ4n) is 3.15. The van der Waals surface area contributed by atoms with Crippen LogP contribution >= 0.6 is 23.1 Å². The summed E-state index contributed by atoms with van der Waals surface area (Å²) < 4.78 is 1.81. The maximum atomic E-state index is 13.2. The third-order valence-electron chi connectivity index (χ3n) is 4.54. The van der Waals surface area contributed by atoms with Gasteiger partial charge >= 0.3 is 0 Å². The second-order valence-corrected chi connectivity index (χ2v) is 8.04.